The van der Waals surface area contributed by atoms with E-state index < -0.39 is 12.2 Å². The molecule has 0 spiro atoms. The Hall–Kier alpha value is -0.600. The Morgan fingerprint density at radius 3 is 2.30 bits per heavy atom. The molecule has 2 nitrogen and oxygen atoms in total. The van der Waals surface area contributed by atoms with Crippen molar-refractivity contribution in [2.45, 2.75) is 26.1 Å². The van der Waals surface area contributed by atoms with E-state index >= 15 is 0 Å². The summed E-state index contributed by atoms with van der Waals surface area (Å²) >= 11 is 0. The Bertz CT molecular complexity index is 138. The average Bonchev–Trinajstić information content (AvgIpc) is 2.00. The van der Waals surface area contributed by atoms with Crippen molar-refractivity contribution in [3.63, 3.8) is 0 Å². The minimum Gasteiger partial charge on any atom is -0.386 e. The minimum absolute atomic E-state index is 0.757. The Balaban J connectivity index is 4.06. The van der Waals surface area contributed by atoms with Crippen LogP contribution in [0.1, 0.15) is 13.8 Å². The highest BCUT2D eigenvalue weighted by atomic mass is 16.3. The van der Waals surface area contributed by atoms with Crippen LogP contribution in [0, 0.1) is 0 Å². The molecule has 2 unspecified atom stereocenters. The van der Waals surface area contributed by atoms with Gasteiger partial charge in [0.05, 0.1) is 0 Å². The number of allylic oxidation sites excluding steroid dienone is 1. The van der Waals surface area contributed by atoms with E-state index in [0.29, 0.717) is 0 Å². The fourth-order valence-electron chi connectivity index (χ4n) is 0.569. The van der Waals surface area contributed by atoms with Crippen LogP contribution in [0.3, 0.4) is 0 Å². The predicted molar refractivity (Wildman–Crippen MR) is 41.6 cm³/mol. The molecule has 0 radical (unpaired) electrons. The summed E-state index contributed by atoms with van der Waals surface area (Å²) in [5.41, 5.74) is 0.757. The van der Waals surface area contributed by atoms with Crippen LogP contribution in [0.25, 0.3) is 0 Å². The van der Waals surface area contributed by atoms with Gasteiger partial charge in [-0.15, -0.1) is 6.58 Å². The summed E-state index contributed by atoms with van der Waals surface area (Å²) in [7, 11) is 0. The molecule has 0 amide bonds. The Kier molecular flexibility index (Phi) is 4.00. The molecule has 0 saturated heterocycles. The zero-order valence-electron chi connectivity index (χ0n) is 6.41. The molecule has 2 atom stereocenters. The molecule has 0 saturated carbocycles. The molecule has 0 aliphatic heterocycles. The summed E-state index contributed by atoms with van der Waals surface area (Å²) < 4.78 is 0. The molecule has 0 rings (SSSR count). The van der Waals surface area contributed by atoms with Crippen molar-refractivity contribution in [1.82, 2.24) is 0 Å². The minimum atomic E-state index is -0.851. The van der Waals surface area contributed by atoms with E-state index in [4.69, 9.17) is 5.11 Å². The van der Waals surface area contributed by atoms with Gasteiger partial charge in [-0.25, -0.2) is 0 Å². The monoisotopic (exact) mass is 142 g/mol. The summed E-state index contributed by atoms with van der Waals surface area (Å²) in [6, 6.07) is 0. The Morgan fingerprint density at radius 2 is 2.00 bits per heavy atom. The quantitative estimate of drug-likeness (QED) is 0.574. The van der Waals surface area contributed by atoms with Gasteiger partial charge in [0.25, 0.3) is 0 Å². The summed E-state index contributed by atoms with van der Waals surface area (Å²) in [5, 5.41) is 18.2. The van der Waals surface area contributed by atoms with Crippen LogP contribution >= 0.6 is 0 Å². The van der Waals surface area contributed by atoms with E-state index in [2.05, 4.69) is 6.58 Å². The molecular weight excluding hydrogens is 128 g/mol. The van der Waals surface area contributed by atoms with Crippen LogP contribution in [-0.2, 0) is 0 Å². The van der Waals surface area contributed by atoms with Gasteiger partial charge in [-0.05, 0) is 19.4 Å². The fraction of sp³-hybridized carbons (Fsp3) is 0.500. The first-order valence-electron chi connectivity index (χ1n) is 3.25. The highest BCUT2D eigenvalue weighted by Crippen LogP contribution is 2.05. The standard InChI is InChI=1S/C8H14O2/c1-4-6(3)8(10)7(9)5-2/h4-5,7-10H,2H2,1,3H3. The van der Waals surface area contributed by atoms with Crippen molar-refractivity contribution >= 4 is 0 Å². The highest BCUT2D eigenvalue weighted by Gasteiger charge is 2.12. The molecule has 0 bridgehead atoms. The maximum atomic E-state index is 9.20. The number of hydrogen-bond donors (Lipinski definition) is 2. The molecule has 0 aromatic rings. The second-order valence-electron chi connectivity index (χ2n) is 2.20. The number of rotatable bonds is 3. The summed E-state index contributed by atoms with van der Waals surface area (Å²) in [6.45, 7) is 6.94. The molecule has 0 aromatic carbocycles. The van der Waals surface area contributed by atoms with Crippen LogP contribution in [0.2, 0.25) is 0 Å². The topological polar surface area (TPSA) is 40.5 Å². The molecule has 0 fully saturated rings. The van der Waals surface area contributed by atoms with Crippen molar-refractivity contribution < 1.29 is 10.2 Å². The van der Waals surface area contributed by atoms with Gasteiger partial charge in [0.2, 0.25) is 0 Å². The van der Waals surface area contributed by atoms with Gasteiger partial charge < -0.3 is 10.2 Å². The second kappa shape index (κ2) is 4.25. The van der Waals surface area contributed by atoms with Crippen LogP contribution in [0.5, 0.6) is 0 Å². The smallest absolute Gasteiger partial charge is 0.104 e. The van der Waals surface area contributed by atoms with Gasteiger partial charge in [-0.2, -0.15) is 0 Å². The predicted octanol–water partition coefficient (Wildman–Crippen LogP) is 0.860. The van der Waals surface area contributed by atoms with E-state index in [1.807, 2.05) is 6.92 Å². The first-order chi connectivity index (χ1) is 4.63. The molecule has 58 valence electrons. The van der Waals surface area contributed by atoms with E-state index in [1.165, 1.54) is 6.08 Å². The first-order valence-corrected chi connectivity index (χ1v) is 3.25. The van der Waals surface area contributed by atoms with Crippen molar-refractivity contribution in [3.8, 4) is 0 Å². The summed E-state index contributed by atoms with van der Waals surface area (Å²) in [5.74, 6) is 0. The second-order valence-corrected chi connectivity index (χ2v) is 2.20. The summed E-state index contributed by atoms with van der Waals surface area (Å²) in [6.07, 6.45) is 1.42. The lowest BCUT2D eigenvalue weighted by molar-refractivity contribution is 0.0733. The first kappa shape index (κ1) is 9.40. The third-order valence-electron chi connectivity index (χ3n) is 1.49. The van der Waals surface area contributed by atoms with Crippen LogP contribution in [0.4, 0.5) is 0 Å². The van der Waals surface area contributed by atoms with Gasteiger partial charge in [-0.3, -0.25) is 0 Å². The molecule has 2 heteroatoms. The van der Waals surface area contributed by atoms with Gasteiger partial charge in [0.15, 0.2) is 0 Å². The van der Waals surface area contributed by atoms with Crippen molar-refractivity contribution in [2.24, 2.45) is 0 Å². The zero-order chi connectivity index (χ0) is 8.15. The van der Waals surface area contributed by atoms with E-state index in [-0.39, 0.29) is 0 Å². The van der Waals surface area contributed by atoms with Gasteiger partial charge in [0.1, 0.15) is 12.2 Å². The van der Waals surface area contributed by atoms with Crippen LogP contribution in [-0.4, -0.2) is 22.4 Å². The number of aliphatic hydroxyl groups is 2. The van der Waals surface area contributed by atoms with Crippen LogP contribution < -0.4 is 0 Å². The lowest BCUT2D eigenvalue weighted by Crippen LogP contribution is -2.24. The third-order valence-corrected chi connectivity index (χ3v) is 1.49. The molecule has 0 heterocycles. The number of aliphatic hydroxyl groups excluding tert-OH is 2. The maximum absolute atomic E-state index is 9.20. The van der Waals surface area contributed by atoms with Crippen molar-refractivity contribution in [3.05, 3.63) is 24.3 Å². The highest BCUT2D eigenvalue weighted by molar-refractivity contribution is 5.08. The van der Waals surface area contributed by atoms with E-state index in [1.54, 1.807) is 13.0 Å². The van der Waals surface area contributed by atoms with Gasteiger partial charge >= 0.3 is 0 Å². The Morgan fingerprint density at radius 1 is 1.50 bits per heavy atom. The third kappa shape index (κ3) is 2.33. The van der Waals surface area contributed by atoms with E-state index in [9.17, 15) is 5.11 Å². The average molecular weight is 142 g/mol. The zero-order valence-corrected chi connectivity index (χ0v) is 6.41. The van der Waals surface area contributed by atoms with E-state index in [0.717, 1.165) is 5.57 Å². The Labute approximate surface area is 61.5 Å². The molecular formula is C8H14O2. The lowest BCUT2D eigenvalue weighted by atomic mass is 10.1. The molecule has 10 heavy (non-hydrogen) atoms. The van der Waals surface area contributed by atoms with Crippen LogP contribution in [0.15, 0.2) is 24.3 Å². The maximum Gasteiger partial charge on any atom is 0.104 e. The van der Waals surface area contributed by atoms with Crippen molar-refractivity contribution in [2.75, 3.05) is 0 Å². The molecule has 2 N–H and O–H groups in total. The summed E-state index contributed by atoms with van der Waals surface area (Å²) in [4.78, 5) is 0. The molecule has 0 aliphatic rings. The lowest BCUT2D eigenvalue weighted by Gasteiger charge is -2.13. The normalized spacial score (nSPS) is 18.2. The molecule has 0 aliphatic carbocycles. The fourth-order valence-corrected chi connectivity index (χ4v) is 0.569. The SMILES string of the molecule is C=CC(O)C(O)C(C)=CC. The van der Waals surface area contributed by atoms with Gasteiger partial charge in [0, 0.05) is 0 Å². The van der Waals surface area contributed by atoms with Crippen molar-refractivity contribution in [1.29, 1.82) is 0 Å². The molecule has 0 aromatic heterocycles. The number of hydrogen-bond acceptors (Lipinski definition) is 2. The largest absolute Gasteiger partial charge is 0.386 e. The van der Waals surface area contributed by atoms with Gasteiger partial charge in [-0.1, -0.05) is 12.2 Å².